The molecule has 3 N–H and O–H groups in total. The number of phenols is 2. The molecule has 160 valence electrons. The Morgan fingerprint density at radius 1 is 0.968 bits per heavy atom. The van der Waals surface area contributed by atoms with Gasteiger partial charge in [-0.2, -0.15) is 0 Å². The first-order chi connectivity index (χ1) is 14.6. The van der Waals surface area contributed by atoms with Gasteiger partial charge < -0.3 is 19.7 Å². The molecule has 0 atom stereocenters. The quantitative estimate of drug-likeness (QED) is 0.282. The van der Waals surface area contributed by atoms with Crippen LogP contribution >= 0.6 is 43.2 Å². The van der Waals surface area contributed by atoms with Crippen LogP contribution in [0.5, 0.6) is 17.2 Å². The second-order valence-electron chi connectivity index (χ2n) is 6.59. The van der Waals surface area contributed by atoms with E-state index >= 15 is 0 Å². The molecule has 0 radical (unpaired) electrons. The summed E-state index contributed by atoms with van der Waals surface area (Å²) >= 11 is 7.62. The van der Waals surface area contributed by atoms with Gasteiger partial charge in [-0.25, -0.2) is 8.42 Å². The molecule has 0 aliphatic carbocycles. The Kier molecular flexibility index (Phi) is 5.63. The van der Waals surface area contributed by atoms with Crippen molar-refractivity contribution in [2.75, 3.05) is 0 Å². The van der Waals surface area contributed by atoms with Crippen LogP contribution in [0.15, 0.2) is 64.1 Å². The smallest absolute Gasteiger partial charge is 0.235 e. The summed E-state index contributed by atoms with van der Waals surface area (Å²) in [5, 5.41) is 29.5. The maximum Gasteiger partial charge on any atom is 0.235 e. The molecule has 2 heterocycles. The number of sulfone groups is 1. The van der Waals surface area contributed by atoms with Gasteiger partial charge in [0.2, 0.25) is 11.2 Å². The number of rotatable bonds is 4. The van der Waals surface area contributed by atoms with E-state index in [0.29, 0.717) is 13.8 Å². The SMILES string of the molecule is O=c1c(O)c(-c2ccc(O)c(O)c2)oc2ccc(CS(=O)(=O)c3cc(Br)c(Br)s3)cc12. The van der Waals surface area contributed by atoms with E-state index in [1.807, 2.05) is 0 Å². The first kappa shape index (κ1) is 21.9. The van der Waals surface area contributed by atoms with E-state index in [0.717, 1.165) is 17.4 Å². The van der Waals surface area contributed by atoms with Crippen LogP contribution < -0.4 is 5.43 Å². The topological polar surface area (TPSA) is 125 Å². The first-order valence-corrected chi connectivity index (χ1v) is 12.6. The van der Waals surface area contributed by atoms with Crippen molar-refractivity contribution in [3.05, 3.63) is 66.5 Å². The number of halogens is 2. The average Bonchev–Trinajstić information content (AvgIpc) is 3.06. The molecule has 0 spiro atoms. The lowest BCUT2D eigenvalue weighted by Crippen LogP contribution is -2.06. The Balaban J connectivity index is 1.77. The molecule has 31 heavy (non-hydrogen) atoms. The van der Waals surface area contributed by atoms with Crippen molar-refractivity contribution in [1.82, 2.24) is 0 Å². The van der Waals surface area contributed by atoms with E-state index in [1.165, 1.54) is 36.4 Å². The number of phenolic OH excluding ortho intramolecular Hbond substituents is 2. The minimum absolute atomic E-state index is 0.0190. The highest BCUT2D eigenvalue weighted by atomic mass is 79.9. The van der Waals surface area contributed by atoms with Crippen LogP contribution in [0.3, 0.4) is 0 Å². The zero-order chi connectivity index (χ0) is 22.5. The van der Waals surface area contributed by atoms with Gasteiger partial charge in [-0.1, -0.05) is 6.07 Å². The molecule has 0 unspecified atom stereocenters. The van der Waals surface area contributed by atoms with Gasteiger partial charge in [0.15, 0.2) is 27.1 Å². The fourth-order valence-electron chi connectivity index (χ4n) is 2.95. The lowest BCUT2D eigenvalue weighted by molar-refractivity contribution is 0.403. The third kappa shape index (κ3) is 4.10. The lowest BCUT2D eigenvalue weighted by Gasteiger charge is -2.08. The fraction of sp³-hybridized carbons (Fsp3) is 0.0500. The van der Waals surface area contributed by atoms with Crippen molar-refractivity contribution in [2.45, 2.75) is 9.96 Å². The zero-order valence-electron chi connectivity index (χ0n) is 15.3. The lowest BCUT2D eigenvalue weighted by atomic mass is 10.1. The van der Waals surface area contributed by atoms with E-state index < -0.39 is 26.8 Å². The Bertz CT molecular complexity index is 1480. The molecule has 0 fully saturated rings. The van der Waals surface area contributed by atoms with Gasteiger partial charge in [-0.3, -0.25) is 4.79 Å². The van der Waals surface area contributed by atoms with Gasteiger partial charge >= 0.3 is 0 Å². The van der Waals surface area contributed by atoms with Crippen LogP contribution in [0.25, 0.3) is 22.3 Å². The molecule has 11 heteroatoms. The molecule has 0 aliphatic rings. The van der Waals surface area contributed by atoms with Crippen molar-refractivity contribution in [3.63, 3.8) is 0 Å². The third-order valence-corrected chi connectivity index (χ3v) is 9.96. The molecule has 0 saturated carbocycles. The predicted molar refractivity (Wildman–Crippen MR) is 124 cm³/mol. The Hall–Kier alpha value is -2.34. The van der Waals surface area contributed by atoms with E-state index in [1.54, 1.807) is 0 Å². The van der Waals surface area contributed by atoms with Crippen LogP contribution in [0.4, 0.5) is 0 Å². The van der Waals surface area contributed by atoms with Crippen molar-refractivity contribution < 1.29 is 28.2 Å². The second-order valence-corrected chi connectivity index (χ2v) is 12.0. The molecule has 0 aliphatic heterocycles. The van der Waals surface area contributed by atoms with Gasteiger partial charge in [-0.05, 0) is 73.8 Å². The summed E-state index contributed by atoms with van der Waals surface area (Å²) in [5.41, 5.74) is -0.0695. The summed E-state index contributed by atoms with van der Waals surface area (Å²) in [7, 11) is -3.65. The van der Waals surface area contributed by atoms with Crippen molar-refractivity contribution in [3.8, 4) is 28.6 Å². The molecule has 0 saturated heterocycles. The Labute approximate surface area is 196 Å². The molecular formula is C20H12Br2O7S2. The number of hydrogen-bond acceptors (Lipinski definition) is 8. The van der Waals surface area contributed by atoms with Crippen molar-refractivity contribution in [2.24, 2.45) is 0 Å². The largest absolute Gasteiger partial charge is 0.504 e. The zero-order valence-corrected chi connectivity index (χ0v) is 20.1. The molecular weight excluding hydrogens is 576 g/mol. The molecule has 4 aromatic rings. The van der Waals surface area contributed by atoms with Crippen LogP contribution in [0, 0.1) is 0 Å². The number of fused-ring (bicyclic) bond motifs is 1. The van der Waals surface area contributed by atoms with Gasteiger partial charge in [-0.15, -0.1) is 11.3 Å². The predicted octanol–water partition coefficient (Wildman–Crippen LogP) is 5.14. The van der Waals surface area contributed by atoms with E-state index in [4.69, 9.17) is 4.42 Å². The highest BCUT2D eigenvalue weighted by Crippen LogP contribution is 2.37. The normalized spacial score (nSPS) is 11.8. The van der Waals surface area contributed by atoms with Gasteiger partial charge in [0.1, 0.15) is 9.79 Å². The average molecular weight is 588 g/mol. The second kappa shape index (κ2) is 7.97. The number of benzene rings is 2. The molecule has 0 amide bonds. The van der Waals surface area contributed by atoms with Crippen molar-refractivity contribution >= 4 is 64.0 Å². The first-order valence-electron chi connectivity index (χ1n) is 8.55. The van der Waals surface area contributed by atoms with E-state index in [-0.39, 0.29) is 38.0 Å². The highest BCUT2D eigenvalue weighted by molar-refractivity contribution is 9.13. The summed E-state index contributed by atoms with van der Waals surface area (Å²) in [6, 6.07) is 9.57. The van der Waals surface area contributed by atoms with Crippen LogP contribution in [-0.2, 0) is 15.6 Å². The van der Waals surface area contributed by atoms with Crippen molar-refractivity contribution in [1.29, 1.82) is 0 Å². The molecule has 2 aromatic carbocycles. The van der Waals surface area contributed by atoms with Crippen LogP contribution in [-0.4, -0.2) is 23.7 Å². The van der Waals surface area contributed by atoms with E-state index in [9.17, 15) is 28.5 Å². The molecule has 4 rings (SSSR count). The molecule has 2 aromatic heterocycles. The summed E-state index contributed by atoms with van der Waals surface area (Å²) < 4.78 is 32.6. The fourth-order valence-corrected chi connectivity index (χ4v) is 7.19. The van der Waals surface area contributed by atoms with Crippen LogP contribution in [0.1, 0.15) is 5.56 Å². The monoisotopic (exact) mass is 586 g/mol. The highest BCUT2D eigenvalue weighted by Gasteiger charge is 2.22. The third-order valence-electron chi connectivity index (χ3n) is 4.45. The minimum Gasteiger partial charge on any atom is -0.504 e. The minimum atomic E-state index is -3.65. The van der Waals surface area contributed by atoms with Gasteiger partial charge in [0.05, 0.1) is 14.9 Å². The number of hydrogen-bond donors (Lipinski definition) is 3. The van der Waals surface area contributed by atoms with Crippen LogP contribution in [0.2, 0.25) is 0 Å². The Morgan fingerprint density at radius 2 is 1.71 bits per heavy atom. The summed E-state index contributed by atoms with van der Waals surface area (Å²) in [4.78, 5) is 12.7. The number of aromatic hydroxyl groups is 3. The summed E-state index contributed by atoms with van der Waals surface area (Å²) in [6.45, 7) is 0. The molecule has 7 nitrogen and oxygen atoms in total. The maximum atomic E-state index is 12.7. The number of thiophene rings is 1. The standard InChI is InChI=1S/C20H12Br2O7S2/c21-12-7-16(30-20(12)22)31(27,28)8-9-1-4-15-11(5-9)17(25)18(26)19(29-15)10-2-3-13(23)14(24)6-10/h1-7,23-24,26H,8H2. The maximum absolute atomic E-state index is 12.7. The van der Waals surface area contributed by atoms with Gasteiger partial charge in [0.25, 0.3) is 0 Å². The Morgan fingerprint density at radius 3 is 2.35 bits per heavy atom. The summed E-state index contributed by atoms with van der Waals surface area (Å²) in [5.74, 6) is -2.00. The van der Waals surface area contributed by atoms with E-state index in [2.05, 4.69) is 31.9 Å². The molecule has 0 bridgehead atoms. The summed E-state index contributed by atoms with van der Waals surface area (Å²) in [6.07, 6.45) is 0. The van der Waals surface area contributed by atoms with Gasteiger partial charge in [0, 0.05) is 10.0 Å².